The van der Waals surface area contributed by atoms with Gasteiger partial charge in [0.2, 0.25) is 0 Å². The Labute approximate surface area is 125 Å². The number of nitrogens with zero attached hydrogens (tertiary/aromatic N) is 3. The monoisotopic (exact) mass is 293 g/mol. The van der Waals surface area contributed by atoms with Crippen molar-refractivity contribution in [3.8, 4) is 6.01 Å². The Hall–Kier alpha value is -1.69. The predicted molar refractivity (Wildman–Crippen MR) is 78.3 cm³/mol. The molecule has 1 aromatic rings. The molecule has 6 heteroatoms. The standard InChI is InChI=1S/C15H23N3O3/c1-15(2,3)12-5-6-18(7-8-21-12)13(19)11-9-16-14(20-4)17-10-11/h9-10,12H,5-8H2,1-4H3. The summed E-state index contributed by atoms with van der Waals surface area (Å²) in [4.78, 5) is 22.2. The summed E-state index contributed by atoms with van der Waals surface area (Å²) in [5.41, 5.74) is 0.562. The average molecular weight is 293 g/mol. The molecule has 0 aliphatic carbocycles. The van der Waals surface area contributed by atoms with E-state index in [9.17, 15) is 4.79 Å². The van der Waals surface area contributed by atoms with Gasteiger partial charge in [0, 0.05) is 25.5 Å². The van der Waals surface area contributed by atoms with Gasteiger partial charge in [-0.3, -0.25) is 4.79 Å². The van der Waals surface area contributed by atoms with Crippen molar-refractivity contribution in [1.29, 1.82) is 0 Å². The minimum atomic E-state index is -0.0594. The molecule has 1 atom stereocenters. The number of rotatable bonds is 2. The van der Waals surface area contributed by atoms with E-state index >= 15 is 0 Å². The van der Waals surface area contributed by atoms with E-state index in [2.05, 4.69) is 30.7 Å². The summed E-state index contributed by atoms with van der Waals surface area (Å²) in [5, 5.41) is 0. The van der Waals surface area contributed by atoms with Crippen LogP contribution in [0.3, 0.4) is 0 Å². The Bertz CT molecular complexity index is 482. The predicted octanol–water partition coefficient (Wildman–Crippen LogP) is 1.76. The maximum absolute atomic E-state index is 12.5. The fourth-order valence-corrected chi connectivity index (χ4v) is 2.37. The van der Waals surface area contributed by atoms with Gasteiger partial charge in [-0.15, -0.1) is 0 Å². The third kappa shape index (κ3) is 3.91. The zero-order valence-electron chi connectivity index (χ0n) is 13.1. The molecule has 6 nitrogen and oxygen atoms in total. The molecule has 0 saturated carbocycles. The van der Waals surface area contributed by atoms with Crippen molar-refractivity contribution in [3.63, 3.8) is 0 Å². The molecule has 1 aliphatic heterocycles. The number of aromatic nitrogens is 2. The number of hydrogen-bond donors (Lipinski definition) is 0. The van der Waals surface area contributed by atoms with Crippen LogP contribution in [0.2, 0.25) is 0 Å². The second-order valence-corrected chi connectivity index (χ2v) is 6.26. The lowest BCUT2D eigenvalue weighted by Gasteiger charge is -2.29. The van der Waals surface area contributed by atoms with E-state index in [0.29, 0.717) is 25.3 Å². The number of carbonyl (C=O) groups is 1. The molecule has 1 fully saturated rings. The smallest absolute Gasteiger partial charge is 0.316 e. The lowest BCUT2D eigenvalue weighted by molar-refractivity contribution is -0.00973. The van der Waals surface area contributed by atoms with E-state index in [1.54, 1.807) is 4.90 Å². The van der Waals surface area contributed by atoms with E-state index in [4.69, 9.17) is 9.47 Å². The summed E-state index contributed by atoms with van der Waals surface area (Å²) in [6, 6.07) is 0.263. The summed E-state index contributed by atoms with van der Waals surface area (Å²) < 4.78 is 10.8. The molecule has 0 bridgehead atoms. The lowest BCUT2D eigenvalue weighted by Crippen LogP contribution is -2.34. The molecule has 0 aromatic carbocycles. The van der Waals surface area contributed by atoms with Crippen LogP contribution in [0.5, 0.6) is 6.01 Å². The molecule has 0 spiro atoms. The van der Waals surface area contributed by atoms with E-state index < -0.39 is 0 Å². The van der Waals surface area contributed by atoms with E-state index in [1.807, 2.05) is 0 Å². The van der Waals surface area contributed by atoms with Gasteiger partial charge in [0.25, 0.3) is 5.91 Å². The van der Waals surface area contributed by atoms with Gasteiger partial charge >= 0.3 is 6.01 Å². The normalized spacial score (nSPS) is 20.0. The third-order valence-electron chi connectivity index (χ3n) is 3.65. The van der Waals surface area contributed by atoms with E-state index in [0.717, 1.165) is 6.42 Å². The number of amides is 1. The van der Waals surface area contributed by atoms with Crippen LogP contribution < -0.4 is 4.74 Å². The Morgan fingerprint density at radius 1 is 1.33 bits per heavy atom. The first kappa shape index (κ1) is 15.7. The Morgan fingerprint density at radius 2 is 2.00 bits per heavy atom. The van der Waals surface area contributed by atoms with Gasteiger partial charge < -0.3 is 14.4 Å². The first-order valence-electron chi connectivity index (χ1n) is 7.18. The summed E-state index contributed by atoms with van der Waals surface area (Å²) >= 11 is 0. The molecule has 2 heterocycles. The SMILES string of the molecule is COc1ncc(C(=O)N2CCOC(C(C)(C)C)CC2)cn1. The van der Waals surface area contributed by atoms with Gasteiger partial charge in [-0.05, 0) is 11.8 Å². The first-order chi connectivity index (χ1) is 9.91. The Balaban J connectivity index is 2.02. The van der Waals surface area contributed by atoms with Crippen molar-refractivity contribution in [2.24, 2.45) is 5.41 Å². The van der Waals surface area contributed by atoms with Gasteiger partial charge in [-0.25, -0.2) is 9.97 Å². The van der Waals surface area contributed by atoms with Crippen LogP contribution in [0.15, 0.2) is 12.4 Å². The highest BCUT2D eigenvalue weighted by Crippen LogP contribution is 2.26. The molecule has 1 aliphatic rings. The summed E-state index contributed by atoms with van der Waals surface area (Å²) in [5.74, 6) is -0.0594. The van der Waals surface area contributed by atoms with Crippen molar-refractivity contribution in [2.45, 2.75) is 33.3 Å². The maximum atomic E-state index is 12.5. The Morgan fingerprint density at radius 3 is 2.57 bits per heavy atom. The van der Waals surface area contributed by atoms with Crippen molar-refractivity contribution < 1.29 is 14.3 Å². The van der Waals surface area contributed by atoms with Gasteiger partial charge in [0.1, 0.15) is 0 Å². The second kappa shape index (κ2) is 6.39. The van der Waals surface area contributed by atoms with Gasteiger partial charge in [0.15, 0.2) is 0 Å². The molecule has 2 rings (SSSR count). The topological polar surface area (TPSA) is 64.5 Å². The Kier molecular flexibility index (Phi) is 4.77. The molecule has 1 aromatic heterocycles. The van der Waals surface area contributed by atoms with Gasteiger partial charge in [-0.2, -0.15) is 0 Å². The minimum Gasteiger partial charge on any atom is -0.467 e. The molecule has 0 N–H and O–H groups in total. The van der Waals surface area contributed by atoms with Crippen LogP contribution in [-0.2, 0) is 4.74 Å². The van der Waals surface area contributed by atoms with E-state index in [1.165, 1.54) is 19.5 Å². The van der Waals surface area contributed by atoms with Crippen LogP contribution in [0.25, 0.3) is 0 Å². The number of methoxy groups -OCH3 is 1. The van der Waals surface area contributed by atoms with Crippen LogP contribution in [0.1, 0.15) is 37.6 Å². The second-order valence-electron chi connectivity index (χ2n) is 6.26. The maximum Gasteiger partial charge on any atom is 0.316 e. The minimum absolute atomic E-state index is 0.0594. The summed E-state index contributed by atoms with van der Waals surface area (Å²) in [6.45, 7) is 8.32. The van der Waals surface area contributed by atoms with Crippen molar-refractivity contribution in [2.75, 3.05) is 26.8 Å². The number of ether oxygens (including phenoxy) is 2. The van der Waals surface area contributed by atoms with Crippen molar-refractivity contribution in [1.82, 2.24) is 14.9 Å². The highest BCUT2D eigenvalue weighted by molar-refractivity contribution is 5.93. The molecule has 1 saturated heterocycles. The molecule has 116 valence electrons. The highest BCUT2D eigenvalue weighted by atomic mass is 16.5. The van der Waals surface area contributed by atoms with Crippen LogP contribution in [0, 0.1) is 5.41 Å². The van der Waals surface area contributed by atoms with Crippen molar-refractivity contribution in [3.05, 3.63) is 18.0 Å². The molecular weight excluding hydrogens is 270 g/mol. The molecule has 1 unspecified atom stereocenters. The van der Waals surface area contributed by atoms with Gasteiger partial charge in [0.05, 0.1) is 25.4 Å². The lowest BCUT2D eigenvalue weighted by atomic mass is 9.87. The quantitative estimate of drug-likeness (QED) is 0.831. The molecule has 21 heavy (non-hydrogen) atoms. The summed E-state index contributed by atoms with van der Waals surface area (Å²) in [7, 11) is 1.50. The summed E-state index contributed by atoms with van der Waals surface area (Å²) in [6.07, 6.45) is 4.01. The first-order valence-corrected chi connectivity index (χ1v) is 7.18. The van der Waals surface area contributed by atoms with E-state index in [-0.39, 0.29) is 23.4 Å². The zero-order chi connectivity index (χ0) is 15.5. The van der Waals surface area contributed by atoms with Gasteiger partial charge in [-0.1, -0.05) is 20.8 Å². The average Bonchev–Trinajstić information content (AvgIpc) is 2.72. The molecule has 1 amide bonds. The fourth-order valence-electron chi connectivity index (χ4n) is 2.37. The zero-order valence-corrected chi connectivity index (χ0v) is 13.1. The van der Waals surface area contributed by atoms with Crippen LogP contribution in [-0.4, -0.2) is 53.7 Å². The number of hydrogen-bond acceptors (Lipinski definition) is 5. The molecule has 0 radical (unpaired) electrons. The van der Waals surface area contributed by atoms with Crippen LogP contribution >= 0.6 is 0 Å². The van der Waals surface area contributed by atoms with Crippen molar-refractivity contribution >= 4 is 5.91 Å². The van der Waals surface area contributed by atoms with Crippen LogP contribution in [0.4, 0.5) is 0 Å². The largest absolute Gasteiger partial charge is 0.467 e. The fraction of sp³-hybridized carbons (Fsp3) is 0.667. The number of carbonyl (C=O) groups excluding carboxylic acids is 1. The third-order valence-corrected chi connectivity index (χ3v) is 3.65. The molecular formula is C15H23N3O3. The highest BCUT2D eigenvalue weighted by Gasteiger charge is 2.29.